The Hall–Kier alpha value is -3.53. The fourth-order valence-electron chi connectivity index (χ4n) is 4.53. The molecule has 4 rings (SSSR count). The zero-order valence-electron chi connectivity index (χ0n) is 20.8. The third kappa shape index (κ3) is 9.45. The Labute approximate surface area is 216 Å². The molecule has 2 saturated heterocycles. The van der Waals surface area contributed by atoms with E-state index in [1.165, 1.54) is 11.1 Å². The summed E-state index contributed by atoms with van der Waals surface area (Å²) in [6.07, 6.45) is 2.85. The molecule has 2 N–H and O–H groups in total. The SMILES string of the molecule is O=C(O)C=CC(=O)O.O=C1COCC(Cc2ccccc2)N1C(CCN1CCOCC1)c1ccccc1. The first-order chi connectivity index (χ1) is 17.9. The number of carbonyl (C=O) groups excluding carboxylic acids is 1. The molecule has 2 heterocycles. The lowest BCUT2D eigenvalue weighted by Gasteiger charge is -2.42. The second kappa shape index (κ2) is 14.9. The van der Waals surface area contributed by atoms with Crippen LogP contribution in [0.25, 0.3) is 0 Å². The number of amides is 1. The highest BCUT2D eigenvalue weighted by molar-refractivity contribution is 5.89. The van der Waals surface area contributed by atoms with Gasteiger partial charge in [0.2, 0.25) is 5.91 Å². The molecule has 2 aromatic rings. The van der Waals surface area contributed by atoms with E-state index in [2.05, 4.69) is 58.3 Å². The Morgan fingerprint density at radius 3 is 2.11 bits per heavy atom. The molecule has 0 aromatic heterocycles. The molecule has 0 spiro atoms. The van der Waals surface area contributed by atoms with Crippen molar-refractivity contribution in [2.24, 2.45) is 0 Å². The molecule has 2 aliphatic rings. The molecular formula is C28H34N2O7. The van der Waals surface area contributed by atoms with Gasteiger partial charge < -0.3 is 24.6 Å². The molecule has 0 bridgehead atoms. The maximum atomic E-state index is 13.0. The van der Waals surface area contributed by atoms with Gasteiger partial charge in [-0.05, 0) is 24.0 Å². The van der Waals surface area contributed by atoms with Gasteiger partial charge in [-0.1, -0.05) is 60.7 Å². The summed E-state index contributed by atoms with van der Waals surface area (Å²) < 4.78 is 11.1. The van der Waals surface area contributed by atoms with Crippen molar-refractivity contribution < 1.29 is 34.1 Å². The Morgan fingerprint density at radius 1 is 0.919 bits per heavy atom. The van der Waals surface area contributed by atoms with Crippen LogP contribution >= 0.6 is 0 Å². The maximum Gasteiger partial charge on any atom is 0.328 e. The van der Waals surface area contributed by atoms with Crippen LogP contribution in [-0.4, -0.2) is 90.0 Å². The number of carboxylic acids is 2. The number of nitrogens with zero attached hydrogens (tertiary/aromatic N) is 2. The van der Waals surface area contributed by atoms with Gasteiger partial charge in [0.1, 0.15) is 6.61 Å². The smallest absolute Gasteiger partial charge is 0.328 e. The van der Waals surface area contributed by atoms with Crippen molar-refractivity contribution in [1.82, 2.24) is 9.80 Å². The zero-order chi connectivity index (χ0) is 26.5. The molecule has 198 valence electrons. The van der Waals surface area contributed by atoms with Gasteiger partial charge in [0.25, 0.3) is 0 Å². The number of morpholine rings is 2. The molecule has 37 heavy (non-hydrogen) atoms. The van der Waals surface area contributed by atoms with E-state index >= 15 is 0 Å². The van der Waals surface area contributed by atoms with Gasteiger partial charge in [-0.15, -0.1) is 0 Å². The molecule has 0 radical (unpaired) electrons. The van der Waals surface area contributed by atoms with E-state index in [1.54, 1.807) is 0 Å². The Morgan fingerprint density at radius 2 is 1.51 bits per heavy atom. The summed E-state index contributed by atoms with van der Waals surface area (Å²) in [4.78, 5) is 36.7. The van der Waals surface area contributed by atoms with Crippen LogP contribution in [0.4, 0.5) is 0 Å². The molecule has 0 saturated carbocycles. The lowest BCUT2D eigenvalue weighted by molar-refractivity contribution is -0.152. The van der Waals surface area contributed by atoms with E-state index in [9.17, 15) is 14.4 Å². The van der Waals surface area contributed by atoms with Gasteiger partial charge in [-0.25, -0.2) is 9.59 Å². The average molecular weight is 511 g/mol. The third-order valence-corrected chi connectivity index (χ3v) is 6.24. The predicted molar refractivity (Wildman–Crippen MR) is 137 cm³/mol. The number of rotatable bonds is 9. The highest BCUT2D eigenvalue weighted by atomic mass is 16.5. The fourth-order valence-corrected chi connectivity index (χ4v) is 4.53. The number of carboxylic acid groups (broad SMARTS) is 2. The van der Waals surface area contributed by atoms with Gasteiger partial charge in [0, 0.05) is 31.8 Å². The molecular weight excluding hydrogens is 476 g/mol. The second-order valence-electron chi connectivity index (χ2n) is 8.84. The molecule has 2 aliphatic heterocycles. The van der Waals surface area contributed by atoms with E-state index < -0.39 is 11.9 Å². The van der Waals surface area contributed by atoms with Gasteiger partial charge in [0.15, 0.2) is 0 Å². The van der Waals surface area contributed by atoms with Crippen molar-refractivity contribution in [3.8, 4) is 0 Å². The molecule has 2 fully saturated rings. The molecule has 9 nitrogen and oxygen atoms in total. The summed E-state index contributed by atoms with van der Waals surface area (Å²) in [7, 11) is 0. The molecule has 0 aliphatic carbocycles. The number of hydrogen-bond donors (Lipinski definition) is 2. The van der Waals surface area contributed by atoms with E-state index in [4.69, 9.17) is 19.7 Å². The monoisotopic (exact) mass is 510 g/mol. The first-order valence-corrected chi connectivity index (χ1v) is 12.4. The lowest BCUT2D eigenvalue weighted by Crippen LogP contribution is -2.52. The maximum absolute atomic E-state index is 13.0. The number of hydrogen-bond acceptors (Lipinski definition) is 6. The highest BCUT2D eigenvalue weighted by Crippen LogP contribution is 2.30. The largest absolute Gasteiger partial charge is 0.478 e. The summed E-state index contributed by atoms with van der Waals surface area (Å²) in [6, 6.07) is 20.9. The minimum atomic E-state index is -1.26. The van der Waals surface area contributed by atoms with Gasteiger partial charge in [-0.2, -0.15) is 0 Å². The summed E-state index contributed by atoms with van der Waals surface area (Å²) >= 11 is 0. The van der Waals surface area contributed by atoms with Crippen molar-refractivity contribution in [3.63, 3.8) is 0 Å². The van der Waals surface area contributed by atoms with Crippen LogP contribution in [0.3, 0.4) is 0 Å². The summed E-state index contributed by atoms with van der Waals surface area (Å²) in [5.41, 5.74) is 2.44. The number of carbonyl (C=O) groups is 3. The van der Waals surface area contributed by atoms with Crippen LogP contribution in [-0.2, 0) is 30.3 Å². The number of aliphatic carboxylic acids is 2. The minimum absolute atomic E-state index is 0.0496. The summed E-state index contributed by atoms with van der Waals surface area (Å²) in [5, 5.41) is 15.6. The van der Waals surface area contributed by atoms with Crippen molar-refractivity contribution in [1.29, 1.82) is 0 Å². The van der Waals surface area contributed by atoms with Crippen LogP contribution in [0.2, 0.25) is 0 Å². The van der Waals surface area contributed by atoms with Gasteiger partial charge in [-0.3, -0.25) is 9.69 Å². The standard InChI is InChI=1S/C24H30N2O3.C4H4O4/c27-24-19-29-18-22(17-20-7-3-1-4-8-20)26(24)23(21-9-5-2-6-10-21)11-12-25-13-15-28-16-14-25;5-3(6)1-2-4(7)8/h1-10,22-23H,11-19H2;1-2H,(H,5,6)(H,7,8). The summed E-state index contributed by atoms with van der Waals surface area (Å²) in [5.74, 6) is -2.42. The molecule has 1 amide bonds. The molecule has 2 aromatic carbocycles. The second-order valence-corrected chi connectivity index (χ2v) is 8.84. The number of ether oxygens (including phenoxy) is 2. The van der Waals surface area contributed by atoms with Crippen LogP contribution < -0.4 is 0 Å². The molecule has 2 atom stereocenters. The lowest BCUT2D eigenvalue weighted by atomic mass is 9.96. The topological polar surface area (TPSA) is 117 Å². The number of benzene rings is 2. The predicted octanol–water partition coefficient (Wildman–Crippen LogP) is 2.63. The van der Waals surface area contributed by atoms with E-state index in [1.807, 2.05) is 12.1 Å². The Balaban J connectivity index is 0.000000414. The third-order valence-electron chi connectivity index (χ3n) is 6.24. The van der Waals surface area contributed by atoms with E-state index in [0.717, 1.165) is 45.7 Å². The first kappa shape index (κ1) is 28.0. The van der Waals surface area contributed by atoms with Crippen molar-refractivity contribution >= 4 is 17.8 Å². The van der Waals surface area contributed by atoms with Crippen molar-refractivity contribution in [2.45, 2.75) is 24.9 Å². The van der Waals surface area contributed by atoms with Crippen molar-refractivity contribution in [2.75, 3.05) is 46.1 Å². The van der Waals surface area contributed by atoms with Crippen LogP contribution in [0.5, 0.6) is 0 Å². The molecule has 9 heteroatoms. The van der Waals surface area contributed by atoms with Crippen LogP contribution in [0.1, 0.15) is 23.6 Å². The van der Waals surface area contributed by atoms with Crippen LogP contribution in [0, 0.1) is 0 Å². The van der Waals surface area contributed by atoms with Crippen molar-refractivity contribution in [3.05, 3.63) is 83.9 Å². The van der Waals surface area contributed by atoms with E-state index in [0.29, 0.717) is 18.8 Å². The summed E-state index contributed by atoms with van der Waals surface area (Å²) in [6.45, 7) is 5.24. The Kier molecular flexibility index (Phi) is 11.3. The Bertz CT molecular complexity index is 1010. The minimum Gasteiger partial charge on any atom is -0.478 e. The van der Waals surface area contributed by atoms with Gasteiger partial charge in [0.05, 0.1) is 31.9 Å². The first-order valence-electron chi connectivity index (χ1n) is 12.4. The highest BCUT2D eigenvalue weighted by Gasteiger charge is 2.35. The van der Waals surface area contributed by atoms with E-state index in [-0.39, 0.29) is 24.6 Å². The van der Waals surface area contributed by atoms with Crippen LogP contribution in [0.15, 0.2) is 72.8 Å². The quantitative estimate of drug-likeness (QED) is 0.495. The molecule has 2 unspecified atom stereocenters. The zero-order valence-corrected chi connectivity index (χ0v) is 20.8. The average Bonchev–Trinajstić information content (AvgIpc) is 2.91. The van der Waals surface area contributed by atoms with Gasteiger partial charge >= 0.3 is 11.9 Å². The fraction of sp³-hybridized carbons (Fsp3) is 0.393. The normalized spacial score (nSPS) is 19.2.